The van der Waals surface area contributed by atoms with E-state index in [0.29, 0.717) is 12.2 Å². The molecule has 0 fully saturated rings. The van der Waals surface area contributed by atoms with Crippen LogP contribution in [0.5, 0.6) is 5.75 Å². The van der Waals surface area contributed by atoms with E-state index in [4.69, 9.17) is 0 Å². The lowest BCUT2D eigenvalue weighted by Crippen LogP contribution is -2.06. The molecule has 1 aromatic heterocycles. The van der Waals surface area contributed by atoms with Crippen molar-refractivity contribution in [2.24, 2.45) is 0 Å². The molecule has 0 aliphatic carbocycles. The van der Waals surface area contributed by atoms with Crippen molar-refractivity contribution in [1.29, 1.82) is 0 Å². The number of alkyl halides is 2. The number of nitrogens with one attached hydrogen (secondary N) is 1. The molecule has 0 aliphatic rings. The van der Waals surface area contributed by atoms with Gasteiger partial charge in [0.25, 0.3) is 6.43 Å². The molecule has 104 valence electrons. The van der Waals surface area contributed by atoms with Crippen molar-refractivity contribution >= 4 is 18.1 Å². The van der Waals surface area contributed by atoms with Gasteiger partial charge in [-0.05, 0) is 6.07 Å². The average Bonchev–Trinajstić information content (AvgIpc) is 2.75. The number of anilines is 1. The second kappa shape index (κ2) is 6.94. The van der Waals surface area contributed by atoms with Gasteiger partial charge in [0.05, 0.1) is 11.9 Å². The standard InChI is InChI=1S/C12H13F2N3O.ClH/c13-12(14)8-17-7-10(6-16-17)15-5-9-3-1-2-4-11(9)18;/h1-4,6-7,12,15,18H,5,8H2;1H. The first-order valence-corrected chi connectivity index (χ1v) is 5.46. The number of halogens is 3. The van der Waals surface area contributed by atoms with E-state index in [9.17, 15) is 13.9 Å². The Morgan fingerprint density at radius 3 is 2.74 bits per heavy atom. The van der Waals surface area contributed by atoms with Crippen LogP contribution >= 0.6 is 12.4 Å². The second-order valence-corrected chi connectivity index (χ2v) is 3.82. The number of phenolic OH excluding ortho intramolecular Hbond substituents is 1. The smallest absolute Gasteiger partial charge is 0.257 e. The lowest BCUT2D eigenvalue weighted by atomic mass is 10.2. The van der Waals surface area contributed by atoms with Crippen LogP contribution in [0.4, 0.5) is 14.5 Å². The molecule has 0 radical (unpaired) electrons. The largest absolute Gasteiger partial charge is 0.508 e. The van der Waals surface area contributed by atoms with Crippen LogP contribution in [-0.4, -0.2) is 21.3 Å². The SMILES string of the molecule is Cl.Oc1ccccc1CNc1cnn(CC(F)F)c1. The van der Waals surface area contributed by atoms with E-state index in [-0.39, 0.29) is 18.2 Å². The molecular weight excluding hydrogens is 276 g/mol. The van der Waals surface area contributed by atoms with E-state index in [1.54, 1.807) is 18.2 Å². The summed E-state index contributed by atoms with van der Waals surface area (Å²) in [6.45, 7) is -0.00862. The molecular formula is C12H14ClF2N3O. The molecule has 0 atom stereocenters. The van der Waals surface area contributed by atoms with E-state index in [0.717, 1.165) is 5.56 Å². The lowest BCUT2D eigenvalue weighted by Gasteiger charge is -2.05. The fourth-order valence-electron chi connectivity index (χ4n) is 1.55. The highest BCUT2D eigenvalue weighted by Gasteiger charge is 2.06. The predicted molar refractivity (Wildman–Crippen MR) is 70.9 cm³/mol. The monoisotopic (exact) mass is 289 g/mol. The predicted octanol–water partition coefficient (Wildman–Crippen LogP) is 2.89. The fraction of sp³-hybridized carbons (Fsp3) is 0.250. The van der Waals surface area contributed by atoms with Crippen molar-refractivity contribution in [2.75, 3.05) is 5.32 Å². The van der Waals surface area contributed by atoms with Crippen molar-refractivity contribution in [2.45, 2.75) is 19.5 Å². The number of hydrogen-bond acceptors (Lipinski definition) is 3. The minimum absolute atomic E-state index is 0. The van der Waals surface area contributed by atoms with Gasteiger partial charge >= 0.3 is 0 Å². The van der Waals surface area contributed by atoms with Crippen LogP contribution < -0.4 is 5.32 Å². The average molecular weight is 290 g/mol. The quantitative estimate of drug-likeness (QED) is 0.890. The highest BCUT2D eigenvalue weighted by Crippen LogP contribution is 2.17. The number of hydrogen-bond donors (Lipinski definition) is 2. The third-order valence-electron chi connectivity index (χ3n) is 2.43. The number of rotatable bonds is 5. The van der Waals surface area contributed by atoms with E-state index in [2.05, 4.69) is 10.4 Å². The Hall–Kier alpha value is -1.82. The third kappa shape index (κ3) is 4.40. The van der Waals surface area contributed by atoms with Gasteiger partial charge < -0.3 is 10.4 Å². The molecule has 1 heterocycles. The normalized spacial score (nSPS) is 10.3. The van der Waals surface area contributed by atoms with Gasteiger partial charge in [-0.15, -0.1) is 12.4 Å². The Bertz CT molecular complexity index is 519. The molecule has 2 rings (SSSR count). The second-order valence-electron chi connectivity index (χ2n) is 3.82. The first-order chi connectivity index (χ1) is 8.65. The van der Waals surface area contributed by atoms with Gasteiger partial charge in [-0.25, -0.2) is 8.78 Å². The van der Waals surface area contributed by atoms with Gasteiger partial charge in [0.15, 0.2) is 0 Å². The zero-order valence-electron chi connectivity index (χ0n) is 9.96. The molecule has 1 aromatic carbocycles. The molecule has 7 heteroatoms. The minimum Gasteiger partial charge on any atom is -0.508 e. The maximum atomic E-state index is 12.1. The van der Waals surface area contributed by atoms with Crippen LogP contribution in [0.15, 0.2) is 36.7 Å². The van der Waals surface area contributed by atoms with Gasteiger partial charge in [-0.1, -0.05) is 18.2 Å². The van der Waals surface area contributed by atoms with E-state index in [1.165, 1.54) is 17.1 Å². The number of aromatic nitrogens is 2. The van der Waals surface area contributed by atoms with Crippen molar-refractivity contribution < 1.29 is 13.9 Å². The zero-order chi connectivity index (χ0) is 13.0. The highest BCUT2D eigenvalue weighted by molar-refractivity contribution is 5.85. The first-order valence-electron chi connectivity index (χ1n) is 5.46. The molecule has 19 heavy (non-hydrogen) atoms. The Labute approximate surface area is 115 Å². The Morgan fingerprint density at radius 1 is 1.32 bits per heavy atom. The molecule has 2 aromatic rings. The summed E-state index contributed by atoms with van der Waals surface area (Å²) in [6.07, 6.45) is 0.560. The Kier molecular flexibility index (Phi) is 5.57. The summed E-state index contributed by atoms with van der Waals surface area (Å²) in [7, 11) is 0. The van der Waals surface area contributed by atoms with Gasteiger partial charge in [0, 0.05) is 18.3 Å². The van der Waals surface area contributed by atoms with Crippen LogP contribution in [0.1, 0.15) is 5.56 Å². The highest BCUT2D eigenvalue weighted by atomic mass is 35.5. The first kappa shape index (κ1) is 15.2. The van der Waals surface area contributed by atoms with Crippen molar-refractivity contribution in [3.05, 3.63) is 42.2 Å². The maximum Gasteiger partial charge on any atom is 0.257 e. The minimum atomic E-state index is -2.42. The topological polar surface area (TPSA) is 50.1 Å². The summed E-state index contributed by atoms with van der Waals surface area (Å²) in [4.78, 5) is 0. The van der Waals surface area contributed by atoms with Gasteiger partial charge in [-0.3, -0.25) is 4.68 Å². The van der Waals surface area contributed by atoms with Gasteiger partial charge in [0.2, 0.25) is 0 Å². The number of para-hydroxylation sites is 1. The van der Waals surface area contributed by atoms with Crippen LogP contribution in [0.25, 0.3) is 0 Å². The van der Waals surface area contributed by atoms with Crippen LogP contribution in [0.3, 0.4) is 0 Å². The zero-order valence-corrected chi connectivity index (χ0v) is 10.8. The van der Waals surface area contributed by atoms with Crippen LogP contribution in [-0.2, 0) is 13.1 Å². The van der Waals surface area contributed by atoms with Gasteiger partial charge in [-0.2, -0.15) is 5.10 Å². The summed E-state index contributed by atoms with van der Waals surface area (Å²) in [5, 5.41) is 16.4. The van der Waals surface area contributed by atoms with Crippen LogP contribution in [0.2, 0.25) is 0 Å². The molecule has 0 saturated heterocycles. The molecule has 0 aliphatic heterocycles. The fourth-order valence-corrected chi connectivity index (χ4v) is 1.55. The Morgan fingerprint density at radius 2 is 2.05 bits per heavy atom. The third-order valence-corrected chi connectivity index (χ3v) is 2.43. The number of benzene rings is 1. The summed E-state index contributed by atoms with van der Waals surface area (Å²) in [5.41, 5.74) is 1.37. The van der Waals surface area contributed by atoms with E-state index in [1.807, 2.05) is 6.07 Å². The lowest BCUT2D eigenvalue weighted by molar-refractivity contribution is 0.122. The number of phenols is 1. The van der Waals surface area contributed by atoms with Crippen LogP contribution in [0, 0.1) is 0 Å². The summed E-state index contributed by atoms with van der Waals surface area (Å²) in [6, 6.07) is 6.93. The summed E-state index contributed by atoms with van der Waals surface area (Å²) in [5.74, 6) is 0.199. The van der Waals surface area contributed by atoms with E-state index < -0.39 is 13.0 Å². The number of aromatic hydroxyl groups is 1. The maximum absolute atomic E-state index is 12.1. The molecule has 0 unspecified atom stereocenters. The van der Waals surface area contributed by atoms with Gasteiger partial charge in [0.1, 0.15) is 12.3 Å². The summed E-state index contributed by atoms with van der Waals surface area (Å²) < 4.78 is 25.4. The van der Waals surface area contributed by atoms with Crippen molar-refractivity contribution in [3.8, 4) is 5.75 Å². The molecule has 0 saturated carbocycles. The molecule has 2 N–H and O–H groups in total. The molecule has 0 spiro atoms. The molecule has 0 bridgehead atoms. The van der Waals surface area contributed by atoms with Crippen molar-refractivity contribution in [1.82, 2.24) is 9.78 Å². The molecule has 4 nitrogen and oxygen atoms in total. The Balaban J connectivity index is 0.00000180. The van der Waals surface area contributed by atoms with Crippen molar-refractivity contribution in [3.63, 3.8) is 0 Å². The van der Waals surface area contributed by atoms with E-state index >= 15 is 0 Å². The summed E-state index contributed by atoms with van der Waals surface area (Å²) >= 11 is 0. The number of nitrogens with zero attached hydrogens (tertiary/aromatic N) is 2. The molecule has 0 amide bonds.